The number of anilines is 1. The summed E-state index contributed by atoms with van der Waals surface area (Å²) >= 11 is 13.6. The largest absolute Gasteiger partial charge is 0.495 e. The van der Waals surface area contributed by atoms with E-state index in [-0.39, 0.29) is 5.91 Å². The Labute approximate surface area is 146 Å². The maximum Gasteiger partial charge on any atom is 0.248 e. The summed E-state index contributed by atoms with van der Waals surface area (Å²) in [5.74, 6) is 0.249. The van der Waals surface area contributed by atoms with Gasteiger partial charge in [0.1, 0.15) is 5.75 Å². The third-order valence-electron chi connectivity index (χ3n) is 3.07. The molecule has 0 bridgehead atoms. The van der Waals surface area contributed by atoms with E-state index in [0.29, 0.717) is 27.3 Å². The quantitative estimate of drug-likeness (QED) is 0.696. The molecule has 0 aliphatic heterocycles. The fraction of sp³-hybridized carbons (Fsp3) is 0.0667. The van der Waals surface area contributed by atoms with Gasteiger partial charge in [0.05, 0.1) is 17.8 Å². The van der Waals surface area contributed by atoms with E-state index >= 15 is 0 Å². The van der Waals surface area contributed by atoms with E-state index in [1.165, 1.54) is 24.5 Å². The Hall–Kier alpha value is -2.02. The summed E-state index contributed by atoms with van der Waals surface area (Å²) in [5, 5.41) is 5.40. The van der Waals surface area contributed by atoms with Crippen molar-refractivity contribution in [2.75, 3.05) is 12.4 Å². The molecular weight excluding hydrogens is 357 g/mol. The monoisotopic (exact) mass is 367 g/mol. The number of carbonyl (C=O) groups excluding carboxylic acids is 1. The lowest BCUT2D eigenvalue weighted by molar-refractivity contribution is -0.111. The number of nitrogens with zero attached hydrogens (tertiary/aromatic N) is 2. The highest BCUT2D eigenvalue weighted by atomic mass is 35.5. The molecule has 2 heterocycles. The fourth-order valence-corrected chi connectivity index (χ4v) is 3.27. The Bertz CT molecular complexity index is 901. The number of amides is 1. The van der Waals surface area contributed by atoms with Gasteiger partial charge in [-0.25, -0.2) is 4.98 Å². The van der Waals surface area contributed by atoms with Gasteiger partial charge < -0.3 is 10.1 Å². The first kappa shape index (κ1) is 15.9. The van der Waals surface area contributed by atoms with Crippen molar-refractivity contribution in [1.82, 2.24) is 9.38 Å². The predicted molar refractivity (Wildman–Crippen MR) is 93.7 cm³/mol. The molecule has 0 saturated heterocycles. The van der Waals surface area contributed by atoms with Gasteiger partial charge in [-0.2, -0.15) is 0 Å². The summed E-state index contributed by atoms with van der Waals surface area (Å²) in [6.07, 6.45) is 4.86. The van der Waals surface area contributed by atoms with Gasteiger partial charge in [0.25, 0.3) is 0 Å². The summed E-state index contributed by atoms with van der Waals surface area (Å²) in [4.78, 5) is 17.0. The number of ether oxygens (including phenoxy) is 1. The number of halogens is 2. The van der Waals surface area contributed by atoms with Crippen molar-refractivity contribution in [3.8, 4) is 5.75 Å². The first-order valence-corrected chi connectivity index (χ1v) is 8.15. The van der Waals surface area contributed by atoms with Crippen molar-refractivity contribution in [3.05, 3.63) is 51.7 Å². The van der Waals surface area contributed by atoms with Gasteiger partial charge in [0.15, 0.2) is 10.1 Å². The number of methoxy groups -OCH3 is 1. The van der Waals surface area contributed by atoms with Crippen LogP contribution in [0.4, 0.5) is 5.69 Å². The Kier molecular flexibility index (Phi) is 4.56. The van der Waals surface area contributed by atoms with Gasteiger partial charge >= 0.3 is 0 Å². The zero-order valence-corrected chi connectivity index (χ0v) is 14.2. The van der Waals surface area contributed by atoms with Crippen LogP contribution in [0.15, 0.2) is 35.9 Å². The molecule has 3 rings (SSSR count). The molecule has 3 aromatic rings. The van der Waals surface area contributed by atoms with Crippen molar-refractivity contribution >= 4 is 57.2 Å². The number of hydrogen-bond donors (Lipinski definition) is 1. The summed E-state index contributed by atoms with van der Waals surface area (Å²) < 4.78 is 6.89. The van der Waals surface area contributed by atoms with E-state index < -0.39 is 0 Å². The zero-order valence-electron chi connectivity index (χ0n) is 11.9. The van der Waals surface area contributed by atoms with Gasteiger partial charge in [-0.1, -0.05) is 23.2 Å². The predicted octanol–water partition coefficient (Wildman–Crippen LogP) is 4.36. The highest BCUT2D eigenvalue weighted by molar-refractivity contribution is 7.15. The normalized spacial score (nSPS) is 11.3. The van der Waals surface area contributed by atoms with Crippen molar-refractivity contribution in [2.45, 2.75) is 0 Å². The van der Waals surface area contributed by atoms with Crippen LogP contribution in [0.5, 0.6) is 5.75 Å². The van der Waals surface area contributed by atoms with Crippen LogP contribution in [0, 0.1) is 0 Å². The number of rotatable bonds is 4. The number of nitrogens with one attached hydrogen (secondary N) is 1. The molecule has 0 spiro atoms. The molecule has 0 aliphatic rings. The van der Waals surface area contributed by atoms with Crippen LogP contribution < -0.4 is 10.1 Å². The minimum absolute atomic E-state index is 0.299. The molecule has 1 amide bonds. The standard InChI is InChI=1S/C15H11Cl2N3O2S/c1-22-12-4-2-9(8-10(12)16)18-13(21)5-3-11-14(17)19-15-20(11)6-7-23-15/h2-8H,1H3,(H,18,21)/b5-3+. The summed E-state index contributed by atoms with van der Waals surface area (Å²) in [5.41, 5.74) is 1.23. The SMILES string of the molecule is COc1ccc(NC(=O)/C=C/c2c(Cl)nc3sccn23)cc1Cl. The van der Waals surface area contributed by atoms with Crippen LogP contribution in [0.25, 0.3) is 11.0 Å². The third-order valence-corrected chi connectivity index (χ3v) is 4.40. The lowest BCUT2D eigenvalue weighted by Crippen LogP contribution is -2.07. The Morgan fingerprint density at radius 1 is 1.43 bits per heavy atom. The van der Waals surface area contributed by atoms with E-state index in [1.54, 1.807) is 24.3 Å². The van der Waals surface area contributed by atoms with Gasteiger partial charge in [0, 0.05) is 23.3 Å². The molecule has 2 aromatic heterocycles. The third kappa shape index (κ3) is 3.34. The molecule has 0 atom stereocenters. The van der Waals surface area contributed by atoms with E-state index in [0.717, 1.165) is 4.96 Å². The molecule has 0 fully saturated rings. The maximum atomic E-state index is 12.0. The average Bonchev–Trinajstić information content (AvgIpc) is 3.06. The van der Waals surface area contributed by atoms with E-state index in [4.69, 9.17) is 27.9 Å². The first-order chi connectivity index (χ1) is 11.1. The lowest BCUT2D eigenvalue weighted by Gasteiger charge is -2.06. The lowest BCUT2D eigenvalue weighted by atomic mass is 10.3. The van der Waals surface area contributed by atoms with Gasteiger partial charge in [-0.15, -0.1) is 11.3 Å². The molecule has 23 heavy (non-hydrogen) atoms. The van der Waals surface area contributed by atoms with Crippen LogP contribution in [0.3, 0.4) is 0 Å². The fourth-order valence-electron chi connectivity index (χ4n) is 2.01. The van der Waals surface area contributed by atoms with Gasteiger partial charge in [0.2, 0.25) is 5.91 Å². The number of thiazole rings is 1. The summed E-state index contributed by atoms with van der Waals surface area (Å²) in [7, 11) is 1.53. The van der Waals surface area contributed by atoms with Crippen LogP contribution in [-0.2, 0) is 4.79 Å². The van der Waals surface area contributed by atoms with E-state index in [2.05, 4.69) is 10.3 Å². The van der Waals surface area contributed by atoms with Crippen LogP contribution in [0.2, 0.25) is 10.2 Å². The van der Waals surface area contributed by atoms with E-state index in [1.807, 2.05) is 16.0 Å². The molecule has 0 aliphatic carbocycles. The second-order valence-corrected chi connectivity index (χ2v) is 6.15. The number of fused-ring (bicyclic) bond motifs is 1. The molecule has 1 aromatic carbocycles. The number of carbonyl (C=O) groups is 1. The van der Waals surface area contributed by atoms with Gasteiger partial charge in [-0.05, 0) is 24.3 Å². The topological polar surface area (TPSA) is 55.6 Å². The maximum absolute atomic E-state index is 12.0. The average molecular weight is 368 g/mol. The number of benzene rings is 1. The Morgan fingerprint density at radius 3 is 3.00 bits per heavy atom. The Balaban J connectivity index is 1.75. The minimum atomic E-state index is -0.299. The number of imidazole rings is 1. The number of hydrogen-bond acceptors (Lipinski definition) is 4. The molecule has 0 radical (unpaired) electrons. The minimum Gasteiger partial charge on any atom is -0.495 e. The molecule has 8 heteroatoms. The second-order valence-electron chi connectivity index (χ2n) is 4.52. The molecule has 0 unspecified atom stereocenters. The summed E-state index contributed by atoms with van der Waals surface area (Å²) in [6.45, 7) is 0. The van der Waals surface area contributed by atoms with Crippen LogP contribution in [-0.4, -0.2) is 22.4 Å². The zero-order chi connectivity index (χ0) is 16.4. The molecule has 5 nitrogen and oxygen atoms in total. The molecule has 118 valence electrons. The van der Waals surface area contributed by atoms with Crippen molar-refractivity contribution in [3.63, 3.8) is 0 Å². The first-order valence-electron chi connectivity index (χ1n) is 6.52. The highest BCUT2D eigenvalue weighted by Gasteiger charge is 2.09. The van der Waals surface area contributed by atoms with E-state index in [9.17, 15) is 4.79 Å². The van der Waals surface area contributed by atoms with Gasteiger partial charge in [-0.3, -0.25) is 9.20 Å². The van der Waals surface area contributed by atoms with Crippen molar-refractivity contribution < 1.29 is 9.53 Å². The number of aromatic nitrogens is 2. The molecule has 1 N–H and O–H groups in total. The summed E-state index contributed by atoms with van der Waals surface area (Å²) in [6, 6.07) is 5.01. The molecule has 0 saturated carbocycles. The highest BCUT2D eigenvalue weighted by Crippen LogP contribution is 2.27. The van der Waals surface area contributed by atoms with Crippen molar-refractivity contribution in [1.29, 1.82) is 0 Å². The van der Waals surface area contributed by atoms with Crippen LogP contribution in [0.1, 0.15) is 5.69 Å². The van der Waals surface area contributed by atoms with Crippen LogP contribution >= 0.6 is 34.5 Å². The smallest absolute Gasteiger partial charge is 0.248 e. The second kappa shape index (κ2) is 6.62. The molecular formula is C15H11Cl2N3O2S. The van der Waals surface area contributed by atoms with Crippen molar-refractivity contribution in [2.24, 2.45) is 0 Å². The Morgan fingerprint density at radius 2 is 2.26 bits per heavy atom.